The molecular weight excluding hydrogens is 230 g/mol. The number of pyridine rings is 1. The van der Waals surface area contributed by atoms with Gasteiger partial charge < -0.3 is 15.2 Å². The van der Waals surface area contributed by atoms with Gasteiger partial charge in [-0.3, -0.25) is 9.59 Å². The molecular formula is C13H19N3O2. The third kappa shape index (κ3) is 4.55. The Kier molecular flexibility index (Phi) is 5.87. The summed E-state index contributed by atoms with van der Waals surface area (Å²) in [4.78, 5) is 23.0. The van der Waals surface area contributed by atoms with Gasteiger partial charge >= 0.3 is 0 Å². The van der Waals surface area contributed by atoms with Gasteiger partial charge in [-0.05, 0) is 12.5 Å². The Morgan fingerprint density at radius 3 is 2.94 bits per heavy atom. The highest BCUT2D eigenvalue weighted by Crippen LogP contribution is 2.03. The second-order valence-corrected chi connectivity index (χ2v) is 3.92. The lowest BCUT2D eigenvalue weighted by molar-refractivity contribution is -0.115. The Hall–Kier alpha value is -1.88. The fraction of sp³-hybridized carbons (Fsp3) is 0.385. The largest absolute Gasteiger partial charge is 0.324 e. The van der Waals surface area contributed by atoms with E-state index in [0.717, 1.165) is 6.42 Å². The predicted octanol–water partition coefficient (Wildman–Crippen LogP) is 0.972. The first kappa shape index (κ1) is 14.2. The molecule has 0 aliphatic carbocycles. The first-order chi connectivity index (χ1) is 8.67. The number of hydrogen-bond acceptors (Lipinski definition) is 3. The summed E-state index contributed by atoms with van der Waals surface area (Å²) in [5, 5.41) is 5.64. The average Bonchev–Trinajstić information content (AvgIpc) is 2.34. The third-order valence-corrected chi connectivity index (χ3v) is 2.31. The molecule has 0 unspecified atom stereocenters. The number of nitrogens with one attached hydrogen (secondary N) is 2. The highest BCUT2D eigenvalue weighted by Gasteiger charge is 2.03. The van der Waals surface area contributed by atoms with Crippen molar-refractivity contribution < 1.29 is 4.79 Å². The summed E-state index contributed by atoms with van der Waals surface area (Å²) in [5.74, 6) is -0.140. The standard InChI is InChI=1S/C13H19N3O2/c1-3-7-14-9-12(17)15-11-5-6-13(18)16(10-11)8-4-2/h3,5-6,10,14H,1,4,7-9H2,2H3,(H,15,17). The maximum atomic E-state index is 11.5. The lowest BCUT2D eigenvalue weighted by atomic mass is 10.3. The molecule has 0 saturated carbocycles. The summed E-state index contributed by atoms with van der Waals surface area (Å²) in [6.45, 7) is 7.01. The van der Waals surface area contributed by atoms with Gasteiger partial charge in [0.1, 0.15) is 0 Å². The minimum absolute atomic E-state index is 0.0559. The minimum atomic E-state index is -0.140. The second kappa shape index (κ2) is 7.45. The molecule has 1 amide bonds. The van der Waals surface area contributed by atoms with Crippen molar-refractivity contribution in [3.63, 3.8) is 0 Å². The molecule has 0 saturated heterocycles. The van der Waals surface area contributed by atoms with Gasteiger partial charge in [-0.25, -0.2) is 0 Å². The molecule has 0 radical (unpaired) electrons. The van der Waals surface area contributed by atoms with Gasteiger partial charge in [-0.1, -0.05) is 13.0 Å². The van der Waals surface area contributed by atoms with Gasteiger partial charge in [-0.2, -0.15) is 0 Å². The maximum absolute atomic E-state index is 11.5. The Labute approximate surface area is 107 Å². The molecule has 1 aromatic heterocycles. The molecule has 98 valence electrons. The monoisotopic (exact) mass is 249 g/mol. The van der Waals surface area contributed by atoms with Gasteiger partial charge in [-0.15, -0.1) is 6.58 Å². The van der Waals surface area contributed by atoms with Crippen molar-refractivity contribution in [2.75, 3.05) is 18.4 Å². The topological polar surface area (TPSA) is 63.1 Å². The number of anilines is 1. The zero-order chi connectivity index (χ0) is 13.4. The smallest absolute Gasteiger partial charge is 0.250 e. The molecule has 5 heteroatoms. The van der Waals surface area contributed by atoms with Crippen molar-refractivity contribution in [2.24, 2.45) is 0 Å². The Bertz CT molecular complexity index is 466. The molecule has 0 aliphatic rings. The number of nitrogens with zero attached hydrogens (tertiary/aromatic N) is 1. The van der Waals surface area contributed by atoms with E-state index in [1.807, 2.05) is 6.92 Å². The molecule has 0 bridgehead atoms. The number of rotatable bonds is 7. The van der Waals surface area contributed by atoms with Crippen molar-refractivity contribution in [3.05, 3.63) is 41.3 Å². The van der Waals surface area contributed by atoms with E-state index in [-0.39, 0.29) is 18.0 Å². The van der Waals surface area contributed by atoms with Crippen LogP contribution in [-0.4, -0.2) is 23.6 Å². The molecule has 0 aromatic carbocycles. The molecule has 0 atom stereocenters. The third-order valence-electron chi connectivity index (χ3n) is 2.31. The lowest BCUT2D eigenvalue weighted by Gasteiger charge is -2.08. The number of carbonyl (C=O) groups excluding carboxylic acids is 1. The van der Waals surface area contributed by atoms with E-state index in [0.29, 0.717) is 18.8 Å². The van der Waals surface area contributed by atoms with Crippen LogP contribution in [0.3, 0.4) is 0 Å². The number of hydrogen-bond donors (Lipinski definition) is 2. The van der Waals surface area contributed by atoms with Crippen LogP contribution < -0.4 is 16.2 Å². The molecule has 0 spiro atoms. The number of amides is 1. The molecule has 2 N–H and O–H groups in total. The SMILES string of the molecule is C=CCNCC(=O)Nc1ccc(=O)n(CCC)c1. The average molecular weight is 249 g/mol. The van der Waals surface area contributed by atoms with Gasteiger partial charge in [0.15, 0.2) is 0 Å². The quantitative estimate of drug-likeness (QED) is 0.559. The number of aromatic nitrogens is 1. The molecule has 0 fully saturated rings. The van der Waals surface area contributed by atoms with Crippen molar-refractivity contribution in [3.8, 4) is 0 Å². The Balaban J connectivity index is 2.61. The fourth-order valence-electron chi connectivity index (χ4n) is 1.51. The summed E-state index contributed by atoms with van der Waals surface area (Å²) in [6, 6.07) is 3.07. The molecule has 0 aliphatic heterocycles. The minimum Gasteiger partial charge on any atom is -0.324 e. The zero-order valence-electron chi connectivity index (χ0n) is 10.6. The van der Waals surface area contributed by atoms with Crippen LogP contribution in [-0.2, 0) is 11.3 Å². The van der Waals surface area contributed by atoms with Gasteiger partial charge in [0.05, 0.1) is 12.2 Å². The summed E-state index contributed by atoms with van der Waals surface area (Å²) in [6.07, 6.45) is 4.23. The lowest BCUT2D eigenvalue weighted by Crippen LogP contribution is -2.28. The van der Waals surface area contributed by atoms with E-state index in [4.69, 9.17) is 0 Å². The van der Waals surface area contributed by atoms with Crippen molar-refractivity contribution in [1.82, 2.24) is 9.88 Å². The second-order valence-electron chi connectivity index (χ2n) is 3.92. The van der Waals surface area contributed by atoms with Crippen molar-refractivity contribution >= 4 is 11.6 Å². The Morgan fingerprint density at radius 1 is 1.50 bits per heavy atom. The molecule has 1 heterocycles. The maximum Gasteiger partial charge on any atom is 0.250 e. The van der Waals surface area contributed by atoms with Crippen LogP contribution in [0.4, 0.5) is 5.69 Å². The van der Waals surface area contributed by atoms with Crippen LogP contribution in [0, 0.1) is 0 Å². The van der Waals surface area contributed by atoms with Crippen molar-refractivity contribution in [1.29, 1.82) is 0 Å². The Morgan fingerprint density at radius 2 is 2.28 bits per heavy atom. The van der Waals surface area contributed by atoms with Gasteiger partial charge in [0.25, 0.3) is 5.56 Å². The normalized spacial score (nSPS) is 10.1. The van der Waals surface area contributed by atoms with Crippen LogP contribution in [0.25, 0.3) is 0 Å². The summed E-state index contributed by atoms with van der Waals surface area (Å²) in [7, 11) is 0. The summed E-state index contributed by atoms with van der Waals surface area (Å²) < 4.78 is 1.59. The van der Waals surface area contributed by atoms with Gasteiger partial charge in [0, 0.05) is 25.4 Å². The van der Waals surface area contributed by atoms with E-state index in [1.165, 1.54) is 6.07 Å². The molecule has 1 aromatic rings. The van der Waals surface area contributed by atoms with Crippen LogP contribution in [0.15, 0.2) is 35.8 Å². The van der Waals surface area contributed by atoms with Gasteiger partial charge in [0.2, 0.25) is 5.91 Å². The molecule has 5 nitrogen and oxygen atoms in total. The molecule has 1 rings (SSSR count). The van der Waals surface area contributed by atoms with Crippen LogP contribution in [0.2, 0.25) is 0 Å². The fourth-order valence-corrected chi connectivity index (χ4v) is 1.51. The summed E-state index contributed by atoms with van der Waals surface area (Å²) in [5.41, 5.74) is 0.577. The zero-order valence-corrected chi connectivity index (χ0v) is 10.6. The molecule has 18 heavy (non-hydrogen) atoms. The number of aryl methyl sites for hydroxylation is 1. The first-order valence-corrected chi connectivity index (χ1v) is 5.99. The summed E-state index contributed by atoms with van der Waals surface area (Å²) >= 11 is 0. The predicted molar refractivity (Wildman–Crippen MR) is 72.7 cm³/mol. The first-order valence-electron chi connectivity index (χ1n) is 5.99. The van der Waals surface area contributed by atoms with E-state index >= 15 is 0 Å². The van der Waals surface area contributed by atoms with E-state index in [9.17, 15) is 9.59 Å². The van der Waals surface area contributed by atoms with E-state index in [2.05, 4.69) is 17.2 Å². The van der Waals surface area contributed by atoms with E-state index < -0.39 is 0 Å². The highest BCUT2D eigenvalue weighted by atomic mass is 16.2. The van der Waals surface area contributed by atoms with Crippen molar-refractivity contribution in [2.45, 2.75) is 19.9 Å². The van der Waals surface area contributed by atoms with Crippen LogP contribution >= 0.6 is 0 Å². The van der Waals surface area contributed by atoms with Crippen LogP contribution in [0.5, 0.6) is 0 Å². The highest BCUT2D eigenvalue weighted by molar-refractivity contribution is 5.92. The van der Waals surface area contributed by atoms with Crippen LogP contribution in [0.1, 0.15) is 13.3 Å². The number of carbonyl (C=O) groups is 1. The van der Waals surface area contributed by atoms with E-state index in [1.54, 1.807) is 22.9 Å².